The number of hydrogen-bond acceptors (Lipinski definition) is 3. The van der Waals surface area contributed by atoms with Gasteiger partial charge >= 0.3 is 0 Å². The van der Waals surface area contributed by atoms with E-state index < -0.39 is 0 Å². The Morgan fingerprint density at radius 3 is 2.71 bits per heavy atom. The van der Waals surface area contributed by atoms with E-state index in [0.29, 0.717) is 5.69 Å². The van der Waals surface area contributed by atoms with E-state index in [9.17, 15) is 4.79 Å². The molecule has 2 aromatic rings. The van der Waals surface area contributed by atoms with Gasteiger partial charge in [-0.2, -0.15) is 0 Å². The van der Waals surface area contributed by atoms with Crippen LogP contribution in [0.15, 0.2) is 29.0 Å². The predicted molar refractivity (Wildman–Crippen MR) is 65.1 cm³/mol. The molecule has 0 aliphatic carbocycles. The summed E-state index contributed by atoms with van der Waals surface area (Å²) in [6.45, 7) is 5.67. The molecule has 1 N–H and O–H groups in total. The highest BCUT2D eigenvalue weighted by atomic mass is 16.3. The van der Waals surface area contributed by atoms with Crippen LogP contribution in [0.3, 0.4) is 0 Å². The van der Waals surface area contributed by atoms with E-state index in [1.54, 1.807) is 6.92 Å². The van der Waals surface area contributed by atoms with Crippen molar-refractivity contribution < 1.29 is 9.21 Å². The summed E-state index contributed by atoms with van der Waals surface area (Å²) in [5.41, 5.74) is 3.50. The number of carbonyl (C=O) groups is 1. The fourth-order valence-electron chi connectivity index (χ4n) is 1.57. The molecule has 17 heavy (non-hydrogen) atoms. The molecule has 0 atom stereocenters. The summed E-state index contributed by atoms with van der Waals surface area (Å²) in [4.78, 5) is 15.8. The molecule has 0 unspecified atom stereocenters. The molecule has 0 aliphatic heterocycles. The Kier molecular flexibility index (Phi) is 2.95. The zero-order valence-corrected chi connectivity index (χ0v) is 10.1. The molecule has 0 aliphatic rings. The third-order valence-electron chi connectivity index (χ3n) is 2.59. The summed E-state index contributed by atoms with van der Waals surface area (Å²) in [5.74, 6) is -0.0143. The highest BCUT2D eigenvalue weighted by Gasteiger charge is 2.14. The molecule has 0 bridgehead atoms. The van der Waals surface area contributed by atoms with Crippen molar-refractivity contribution in [2.45, 2.75) is 20.8 Å². The Morgan fingerprint density at radius 1 is 1.29 bits per heavy atom. The van der Waals surface area contributed by atoms with Crippen molar-refractivity contribution >= 4 is 11.6 Å². The number of nitrogens with zero attached hydrogens (tertiary/aromatic N) is 1. The molecule has 2 rings (SSSR count). The van der Waals surface area contributed by atoms with E-state index in [-0.39, 0.29) is 11.7 Å². The van der Waals surface area contributed by atoms with E-state index in [1.807, 2.05) is 32.0 Å². The lowest BCUT2D eigenvalue weighted by atomic mass is 10.1. The van der Waals surface area contributed by atoms with E-state index in [1.165, 1.54) is 6.39 Å². The number of aromatic nitrogens is 1. The lowest BCUT2D eigenvalue weighted by molar-refractivity contribution is 0.0996. The number of benzene rings is 1. The maximum absolute atomic E-state index is 11.9. The van der Waals surface area contributed by atoms with E-state index >= 15 is 0 Å². The first kappa shape index (κ1) is 11.4. The number of aryl methyl sites for hydroxylation is 3. The Bertz CT molecular complexity index is 558. The van der Waals surface area contributed by atoms with Crippen LogP contribution in [0.1, 0.15) is 27.4 Å². The summed E-state index contributed by atoms with van der Waals surface area (Å²) in [6, 6.07) is 5.90. The number of amides is 1. The molecule has 1 aromatic heterocycles. The highest BCUT2D eigenvalue weighted by Crippen LogP contribution is 2.18. The number of anilines is 1. The van der Waals surface area contributed by atoms with Crippen LogP contribution < -0.4 is 5.32 Å². The Morgan fingerprint density at radius 2 is 2.06 bits per heavy atom. The average molecular weight is 230 g/mol. The minimum Gasteiger partial charge on any atom is -0.438 e. The van der Waals surface area contributed by atoms with E-state index in [4.69, 9.17) is 4.42 Å². The number of hydrogen-bond donors (Lipinski definition) is 1. The predicted octanol–water partition coefficient (Wildman–Crippen LogP) is 2.85. The van der Waals surface area contributed by atoms with Crippen LogP contribution in [-0.4, -0.2) is 10.9 Å². The van der Waals surface area contributed by atoms with Crippen molar-refractivity contribution in [3.63, 3.8) is 0 Å². The second-order valence-corrected chi connectivity index (χ2v) is 4.04. The molecule has 88 valence electrons. The zero-order chi connectivity index (χ0) is 12.4. The van der Waals surface area contributed by atoms with Gasteiger partial charge in [-0.05, 0) is 38.0 Å². The maximum Gasteiger partial charge on any atom is 0.293 e. The number of rotatable bonds is 2. The van der Waals surface area contributed by atoms with Crippen molar-refractivity contribution in [1.29, 1.82) is 0 Å². The molecule has 1 amide bonds. The fraction of sp³-hybridized carbons (Fsp3) is 0.231. The number of oxazole rings is 1. The molecule has 1 heterocycles. The summed E-state index contributed by atoms with van der Waals surface area (Å²) in [7, 11) is 0. The second-order valence-electron chi connectivity index (χ2n) is 4.04. The molecule has 0 fully saturated rings. The van der Waals surface area contributed by atoms with Gasteiger partial charge < -0.3 is 9.73 Å². The molecule has 4 heteroatoms. The van der Waals surface area contributed by atoms with Crippen LogP contribution in [0, 0.1) is 20.8 Å². The quantitative estimate of drug-likeness (QED) is 0.863. The van der Waals surface area contributed by atoms with Gasteiger partial charge in [0, 0.05) is 5.69 Å². The number of carbonyl (C=O) groups excluding carboxylic acids is 1. The van der Waals surface area contributed by atoms with Gasteiger partial charge in [-0.3, -0.25) is 4.79 Å². The van der Waals surface area contributed by atoms with Crippen LogP contribution in [0.4, 0.5) is 5.69 Å². The van der Waals surface area contributed by atoms with Crippen LogP contribution >= 0.6 is 0 Å². The first-order valence-corrected chi connectivity index (χ1v) is 5.36. The first-order valence-electron chi connectivity index (χ1n) is 5.36. The molecule has 0 spiro atoms. The standard InChI is InChI=1S/C13H14N2O2/c1-8-4-5-9(2)11(6-8)15-13(16)12-10(3)14-7-17-12/h4-7H,1-3H3,(H,15,16). The fourth-order valence-corrected chi connectivity index (χ4v) is 1.57. The van der Waals surface area contributed by atoms with Crippen LogP contribution in [0.5, 0.6) is 0 Å². The van der Waals surface area contributed by atoms with Gasteiger partial charge in [-0.25, -0.2) is 4.98 Å². The third kappa shape index (κ3) is 2.36. The zero-order valence-electron chi connectivity index (χ0n) is 10.1. The third-order valence-corrected chi connectivity index (χ3v) is 2.59. The minimum atomic E-state index is -0.270. The summed E-state index contributed by atoms with van der Waals surface area (Å²) in [6.07, 6.45) is 1.27. The van der Waals surface area contributed by atoms with Gasteiger partial charge in [-0.15, -0.1) is 0 Å². The Labute approximate surface area is 99.7 Å². The molecular formula is C13H14N2O2. The summed E-state index contributed by atoms with van der Waals surface area (Å²) >= 11 is 0. The molecule has 1 aromatic carbocycles. The maximum atomic E-state index is 11.9. The van der Waals surface area contributed by atoms with Crippen molar-refractivity contribution in [3.8, 4) is 0 Å². The SMILES string of the molecule is Cc1ccc(C)c(NC(=O)c2ocnc2C)c1. The summed E-state index contributed by atoms with van der Waals surface area (Å²) < 4.78 is 5.05. The van der Waals surface area contributed by atoms with Crippen molar-refractivity contribution in [1.82, 2.24) is 4.98 Å². The van der Waals surface area contributed by atoms with Gasteiger partial charge in [0.05, 0.1) is 5.69 Å². The topological polar surface area (TPSA) is 55.1 Å². The molecule has 0 saturated heterocycles. The minimum absolute atomic E-state index is 0.255. The van der Waals surface area contributed by atoms with Crippen molar-refractivity contribution in [3.05, 3.63) is 47.2 Å². The van der Waals surface area contributed by atoms with Gasteiger partial charge in [-0.1, -0.05) is 12.1 Å². The number of nitrogens with one attached hydrogen (secondary N) is 1. The van der Waals surface area contributed by atoms with Crippen LogP contribution in [0.2, 0.25) is 0 Å². The lowest BCUT2D eigenvalue weighted by Crippen LogP contribution is -2.13. The smallest absolute Gasteiger partial charge is 0.293 e. The van der Waals surface area contributed by atoms with E-state index in [0.717, 1.165) is 16.8 Å². The summed E-state index contributed by atoms with van der Waals surface area (Å²) in [5, 5.41) is 2.82. The van der Waals surface area contributed by atoms with Gasteiger partial charge in [0.15, 0.2) is 6.39 Å². The first-order chi connectivity index (χ1) is 8.08. The lowest BCUT2D eigenvalue weighted by Gasteiger charge is -2.08. The largest absolute Gasteiger partial charge is 0.438 e. The van der Waals surface area contributed by atoms with E-state index in [2.05, 4.69) is 10.3 Å². The van der Waals surface area contributed by atoms with Crippen molar-refractivity contribution in [2.24, 2.45) is 0 Å². The molecule has 0 radical (unpaired) electrons. The second kappa shape index (κ2) is 4.41. The van der Waals surface area contributed by atoms with Crippen LogP contribution in [0.25, 0.3) is 0 Å². The molecule has 4 nitrogen and oxygen atoms in total. The molecular weight excluding hydrogens is 216 g/mol. The van der Waals surface area contributed by atoms with Gasteiger partial charge in [0.2, 0.25) is 5.76 Å². The van der Waals surface area contributed by atoms with Gasteiger partial charge in [0.25, 0.3) is 5.91 Å². The Hall–Kier alpha value is -2.10. The highest BCUT2D eigenvalue weighted by molar-refractivity contribution is 6.03. The Balaban J connectivity index is 2.24. The van der Waals surface area contributed by atoms with Crippen molar-refractivity contribution in [2.75, 3.05) is 5.32 Å². The average Bonchev–Trinajstić information content (AvgIpc) is 2.70. The van der Waals surface area contributed by atoms with Gasteiger partial charge in [0.1, 0.15) is 0 Å². The molecule has 0 saturated carbocycles. The van der Waals surface area contributed by atoms with Crippen LogP contribution in [-0.2, 0) is 0 Å². The monoisotopic (exact) mass is 230 g/mol. The normalized spacial score (nSPS) is 10.3.